The molecule has 4 heteroatoms. The highest BCUT2D eigenvalue weighted by atomic mass is 79.9. The standard InChI is InChI=1S/C13H13BrN2O/c1-9-2-4-10(5-3-9)16-13(14)11-6-7-17-8-12(11)15-16/h2-5H,6-8H2,1H3. The van der Waals surface area contributed by atoms with E-state index >= 15 is 0 Å². The highest BCUT2D eigenvalue weighted by Gasteiger charge is 2.19. The van der Waals surface area contributed by atoms with Gasteiger partial charge in [0, 0.05) is 12.0 Å². The topological polar surface area (TPSA) is 27.1 Å². The van der Waals surface area contributed by atoms with Crippen LogP contribution in [0.15, 0.2) is 28.9 Å². The average Bonchev–Trinajstić information content (AvgIpc) is 2.69. The molecule has 1 aromatic carbocycles. The minimum Gasteiger partial charge on any atom is -0.375 e. The van der Waals surface area contributed by atoms with Gasteiger partial charge in [-0.15, -0.1) is 0 Å². The Bertz CT molecular complexity index is 545. The zero-order chi connectivity index (χ0) is 11.8. The molecule has 3 rings (SSSR count). The summed E-state index contributed by atoms with van der Waals surface area (Å²) in [4.78, 5) is 0. The molecule has 0 N–H and O–H groups in total. The Balaban J connectivity index is 2.09. The van der Waals surface area contributed by atoms with Crippen molar-refractivity contribution in [1.29, 1.82) is 0 Å². The molecule has 17 heavy (non-hydrogen) atoms. The third-order valence-corrected chi connectivity index (χ3v) is 3.83. The van der Waals surface area contributed by atoms with Crippen molar-refractivity contribution in [2.75, 3.05) is 6.61 Å². The number of rotatable bonds is 1. The molecule has 0 saturated heterocycles. The Morgan fingerprint density at radius 3 is 2.76 bits per heavy atom. The lowest BCUT2D eigenvalue weighted by Gasteiger charge is -2.09. The summed E-state index contributed by atoms with van der Waals surface area (Å²) < 4.78 is 8.42. The average molecular weight is 293 g/mol. The van der Waals surface area contributed by atoms with E-state index in [0.29, 0.717) is 6.61 Å². The monoisotopic (exact) mass is 292 g/mol. The van der Waals surface area contributed by atoms with Crippen LogP contribution in [-0.4, -0.2) is 16.4 Å². The molecule has 0 amide bonds. The highest BCUT2D eigenvalue weighted by molar-refractivity contribution is 9.10. The van der Waals surface area contributed by atoms with Crippen molar-refractivity contribution >= 4 is 15.9 Å². The lowest BCUT2D eigenvalue weighted by molar-refractivity contribution is 0.108. The Kier molecular flexibility index (Phi) is 2.76. The summed E-state index contributed by atoms with van der Waals surface area (Å²) in [7, 11) is 0. The van der Waals surface area contributed by atoms with Crippen LogP contribution in [0.5, 0.6) is 0 Å². The molecule has 1 aliphatic heterocycles. The molecule has 0 radical (unpaired) electrons. The summed E-state index contributed by atoms with van der Waals surface area (Å²) in [6.45, 7) is 3.48. The number of aromatic nitrogens is 2. The second-order valence-corrected chi connectivity index (χ2v) is 5.02. The van der Waals surface area contributed by atoms with Gasteiger partial charge in [0.15, 0.2) is 0 Å². The number of benzene rings is 1. The lowest BCUT2D eigenvalue weighted by atomic mass is 10.1. The maximum Gasteiger partial charge on any atom is 0.113 e. The van der Waals surface area contributed by atoms with Crippen molar-refractivity contribution in [2.24, 2.45) is 0 Å². The van der Waals surface area contributed by atoms with Crippen molar-refractivity contribution in [3.8, 4) is 5.69 Å². The quantitative estimate of drug-likeness (QED) is 0.808. The van der Waals surface area contributed by atoms with Gasteiger partial charge >= 0.3 is 0 Å². The molecule has 1 aromatic heterocycles. The van der Waals surface area contributed by atoms with Crippen LogP contribution >= 0.6 is 15.9 Å². The second-order valence-electron chi connectivity index (χ2n) is 4.27. The van der Waals surface area contributed by atoms with Crippen LogP contribution in [0, 0.1) is 6.92 Å². The van der Waals surface area contributed by atoms with Crippen LogP contribution in [0.25, 0.3) is 5.69 Å². The summed E-state index contributed by atoms with van der Waals surface area (Å²) in [5.41, 5.74) is 4.66. The van der Waals surface area contributed by atoms with Gasteiger partial charge < -0.3 is 4.74 Å². The first kappa shape index (κ1) is 11.0. The number of hydrogen-bond donors (Lipinski definition) is 0. The van der Waals surface area contributed by atoms with E-state index < -0.39 is 0 Å². The minimum absolute atomic E-state index is 0.618. The van der Waals surface area contributed by atoms with E-state index in [4.69, 9.17) is 4.74 Å². The van der Waals surface area contributed by atoms with Gasteiger partial charge in [-0.25, -0.2) is 4.68 Å². The minimum atomic E-state index is 0.618. The van der Waals surface area contributed by atoms with E-state index in [1.807, 2.05) is 4.68 Å². The molecule has 0 unspecified atom stereocenters. The van der Waals surface area contributed by atoms with E-state index in [-0.39, 0.29) is 0 Å². The van der Waals surface area contributed by atoms with Crippen molar-refractivity contribution in [2.45, 2.75) is 20.0 Å². The SMILES string of the molecule is Cc1ccc(-n2nc3c(c2Br)CCOC3)cc1. The van der Waals surface area contributed by atoms with E-state index in [0.717, 1.165) is 29.0 Å². The molecule has 3 nitrogen and oxygen atoms in total. The molecule has 2 heterocycles. The third-order valence-electron chi connectivity index (χ3n) is 3.02. The van der Waals surface area contributed by atoms with Crippen LogP contribution in [0.2, 0.25) is 0 Å². The first-order valence-corrected chi connectivity index (χ1v) is 6.46. The number of nitrogens with zero attached hydrogens (tertiary/aromatic N) is 2. The number of aryl methyl sites for hydroxylation is 1. The maximum absolute atomic E-state index is 5.42. The largest absolute Gasteiger partial charge is 0.375 e. The highest BCUT2D eigenvalue weighted by Crippen LogP contribution is 2.27. The Labute approximate surface area is 109 Å². The molecular formula is C13H13BrN2O. The van der Waals surface area contributed by atoms with E-state index in [1.54, 1.807) is 0 Å². The van der Waals surface area contributed by atoms with Gasteiger partial charge in [0.25, 0.3) is 0 Å². The van der Waals surface area contributed by atoms with Gasteiger partial charge in [-0.3, -0.25) is 0 Å². The normalized spacial score (nSPS) is 14.7. The molecule has 0 bridgehead atoms. The van der Waals surface area contributed by atoms with Gasteiger partial charge in [-0.2, -0.15) is 5.10 Å². The molecule has 2 aromatic rings. The van der Waals surface area contributed by atoms with Crippen LogP contribution in [0.4, 0.5) is 0 Å². The number of fused-ring (bicyclic) bond motifs is 1. The first-order valence-electron chi connectivity index (χ1n) is 5.67. The Morgan fingerprint density at radius 1 is 1.29 bits per heavy atom. The zero-order valence-electron chi connectivity index (χ0n) is 9.61. The molecule has 1 aliphatic rings. The summed E-state index contributed by atoms with van der Waals surface area (Å²) in [6, 6.07) is 8.36. The predicted molar refractivity (Wildman–Crippen MR) is 69.4 cm³/mol. The van der Waals surface area contributed by atoms with Gasteiger partial charge in [-0.05, 0) is 35.0 Å². The van der Waals surface area contributed by atoms with Crippen LogP contribution in [0.1, 0.15) is 16.8 Å². The fourth-order valence-corrected chi connectivity index (χ4v) is 2.75. The first-order chi connectivity index (χ1) is 8.25. The van der Waals surface area contributed by atoms with Crippen LogP contribution in [0.3, 0.4) is 0 Å². The molecule has 0 atom stereocenters. The Hall–Kier alpha value is -1.13. The van der Waals surface area contributed by atoms with E-state index in [9.17, 15) is 0 Å². The van der Waals surface area contributed by atoms with Gasteiger partial charge in [0.2, 0.25) is 0 Å². The van der Waals surface area contributed by atoms with E-state index in [2.05, 4.69) is 52.2 Å². The molecule has 0 fully saturated rings. The number of hydrogen-bond acceptors (Lipinski definition) is 2. The lowest BCUT2D eigenvalue weighted by Crippen LogP contribution is -2.08. The van der Waals surface area contributed by atoms with Gasteiger partial charge in [-0.1, -0.05) is 17.7 Å². The van der Waals surface area contributed by atoms with Gasteiger partial charge in [0.05, 0.1) is 24.6 Å². The fourth-order valence-electron chi connectivity index (χ4n) is 2.04. The van der Waals surface area contributed by atoms with Gasteiger partial charge in [0.1, 0.15) is 4.60 Å². The molecule has 0 aliphatic carbocycles. The fraction of sp³-hybridized carbons (Fsp3) is 0.308. The summed E-state index contributed by atoms with van der Waals surface area (Å²) in [5.74, 6) is 0. The molecular weight excluding hydrogens is 280 g/mol. The third kappa shape index (κ3) is 1.91. The summed E-state index contributed by atoms with van der Waals surface area (Å²) >= 11 is 3.64. The Morgan fingerprint density at radius 2 is 2.06 bits per heavy atom. The van der Waals surface area contributed by atoms with Crippen molar-refractivity contribution in [3.63, 3.8) is 0 Å². The van der Waals surface area contributed by atoms with E-state index in [1.165, 1.54) is 11.1 Å². The molecule has 88 valence electrons. The van der Waals surface area contributed by atoms with Crippen LogP contribution in [-0.2, 0) is 17.8 Å². The summed E-state index contributed by atoms with van der Waals surface area (Å²) in [5, 5.41) is 4.60. The zero-order valence-corrected chi connectivity index (χ0v) is 11.2. The molecule has 0 spiro atoms. The smallest absolute Gasteiger partial charge is 0.113 e. The second kappa shape index (κ2) is 4.27. The molecule has 0 saturated carbocycles. The van der Waals surface area contributed by atoms with Crippen molar-refractivity contribution in [1.82, 2.24) is 9.78 Å². The van der Waals surface area contributed by atoms with Crippen LogP contribution < -0.4 is 0 Å². The van der Waals surface area contributed by atoms with Crippen molar-refractivity contribution < 1.29 is 4.74 Å². The van der Waals surface area contributed by atoms with Crippen molar-refractivity contribution in [3.05, 3.63) is 45.7 Å². The number of ether oxygens (including phenoxy) is 1. The number of halogens is 1. The summed E-state index contributed by atoms with van der Waals surface area (Å²) in [6.07, 6.45) is 0.932. The maximum atomic E-state index is 5.42. The predicted octanol–water partition coefficient (Wildman–Crippen LogP) is 3.02.